The Morgan fingerprint density at radius 2 is 2.35 bits per heavy atom. The Balaban J connectivity index is 1.97. The Hall–Kier alpha value is -1.39. The molecule has 1 aliphatic heterocycles. The molecule has 0 aliphatic carbocycles. The lowest BCUT2D eigenvalue weighted by Crippen LogP contribution is -2.07. The van der Waals surface area contributed by atoms with Gasteiger partial charge in [-0.2, -0.15) is 0 Å². The van der Waals surface area contributed by atoms with Gasteiger partial charge in [0.25, 0.3) is 0 Å². The van der Waals surface area contributed by atoms with Gasteiger partial charge in [0.15, 0.2) is 0 Å². The molecule has 0 atom stereocenters. The minimum Gasteiger partial charge on any atom is -0.493 e. The van der Waals surface area contributed by atoms with Gasteiger partial charge in [-0.05, 0) is 36.6 Å². The van der Waals surface area contributed by atoms with Crippen LogP contribution in [0.4, 0.5) is 0 Å². The Kier molecular flexibility index (Phi) is 2.82. The molecular formula is C13H13NO2S. The highest BCUT2D eigenvalue weighted by Crippen LogP contribution is 2.31. The summed E-state index contributed by atoms with van der Waals surface area (Å²) in [5.41, 5.74) is 3.10. The molecule has 3 rings (SSSR count). The van der Waals surface area contributed by atoms with E-state index < -0.39 is 0 Å². The van der Waals surface area contributed by atoms with E-state index in [0.29, 0.717) is 0 Å². The fourth-order valence-electron chi connectivity index (χ4n) is 2.01. The van der Waals surface area contributed by atoms with Crippen molar-refractivity contribution in [3.8, 4) is 16.3 Å². The van der Waals surface area contributed by atoms with Crippen molar-refractivity contribution in [2.45, 2.75) is 19.4 Å². The Morgan fingerprint density at radius 1 is 1.41 bits per heavy atom. The normalized spacial score (nSPS) is 14.2. The number of aliphatic hydroxyl groups is 1. The topological polar surface area (TPSA) is 42.4 Å². The number of hydrogen-bond acceptors (Lipinski definition) is 4. The maximum Gasteiger partial charge on any atom is 0.123 e. The van der Waals surface area contributed by atoms with Crippen LogP contribution < -0.4 is 4.74 Å². The maximum absolute atomic E-state index is 9.01. The van der Waals surface area contributed by atoms with Crippen LogP contribution in [0.1, 0.15) is 17.7 Å². The van der Waals surface area contributed by atoms with Crippen molar-refractivity contribution in [2.75, 3.05) is 6.61 Å². The van der Waals surface area contributed by atoms with Crippen LogP contribution in [-0.4, -0.2) is 16.7 Å². The van der Waals surface area contributed by atoms with Crippen molar-refractivity contribution in [3.63, 3.8) is 0 Å². The van der Waals surface area contributed by atoms with Gasteiger partial charge in [0.05, 0.1) is 18.9 Å². The lowest BCUT2D eigenvalue weighted by Gasteiger charge is -2.17. The molecular weight excluding hydrogens is 234 g/mol. The third kappa shape index (κ3) is 2.06. The molecule has 0 saturated heterocycles. The van der Waals surface area contributed by atoms with Crippen LogP contribution in [0.2, 0.25) is 0 Å². The Labute approximate surface area is 104 Å². The quantitative estimate of drug-likeness (QED) is 0.887. The number of aromatic nitrogens is 1. The van der Waals surface area contributed by atoms with Crippen LogP contribution in [0.15, 0.2) is 23.6 Å². The summed E-state index contributed by atoms with van der Waals surface area (Å²) in [5.74, 6) is 0.999. The predicted octanol–water partition coefficient (Wildman–Crippen LogP) is 2.63. The number of hydrogen-bond donors (Lipinski definition) is 1. The smallest absolute Gasteiger partial charge is 0.123 e. The number of aryl methyl sites for hydroxylation is 1. The van der Waals surface area contributed by atoms with Crippen LogP contribution in [0.5, 0.6) is 5.75 Å². The van der Waals surface area contributed by atoms with Crippen LogP contribution in [0.3, 0.4) is 0 Å². The highest BCUT2D eigenvalue weighted by atomic mass is 32.1. The average molecular weight is 247 g/mol. The summed E-state index contributed by atoms with van der Waals surface area (Å²) in [6, 6.07) is 6.20. The molecule has 2 aromatic rings. The fourth-order valence-corrected chi connectivity index (χ4v) is 2.81. The van der Waals surface area contributed by atoms with Gasteiger partial charge in [-0.25, -0.2) is 4.98 Å². The van der Waals surface area contributed by atoms with E-state index >= 15 is 0 Å². The summed E-state index contributed by atoms with van der Waals surface area (Å²) in [7, 11) is 0. The minimum atomic E-state index is 0.00452. The van der Waals surface area contributed by atoms with E-state index in [0.717, 1.165) is 41.5 Å². The molecule has 4 heteroatoms. The lowest BCUT2D eigenvalue weighted by molar-refractivity contribution is 0.278. The second-order valence-corrected chi connectivity index (χ2v) is 4.93. The van der Waals surface area contributed by atoms with Gasteiger partial charge >= 0.3 is 0 Å². The minimum absolute atomic E-state index is 0.00452. The van der Waals surface area contributed by atoms with Gasteiger partial charge in [-0.15, -0.1) is 11.3 Å². The second kappa shape index (κ2) is 4.47. The molecule has 1 aliphatic rings. The first-order valence-corrected chi connectivity index (χ1v) is 6.56. The zero-order valence-electron chi connectivity index (χ0n) is 9.35. The zero-order chi connectivity index (χ0) is 11.7. The molecule has 3 nitrogen and oxygen atoms in total. The van der Waals surface area contributed by atoms with Gasteiger partial charge in [0.2, 0.25) is 0 Å². The van der Waals surface area contributed by atoms with Crippen LogP contribution in [0.25, 0.3) is 10.6 Å². The number of benzene rings is 1. The highest BCUT2D eigenvalue weighted by molar-refractivity contribution is 7.13. The van der Waals surface area contributed by atoms with Gasteiger partial charge in [-0.3, -0.25) is 0 Å². The van der Waals surface area contributed by atoms with Crippen molar-refractivity contribution in [1.82, 2.24) is 4.98 Å². The molecule has 1 N–H and O–H groups in total. The summed E-state index contributed by atoms with van der Waals surface area (Å²) in [5, 5.41) is 11.9. The summed E-state index contributed by atoms with van der Waals surface area (Å²) in [6.45, 7) is 0.822. The first kappa shape index (κ1) is 10.7. The third-order valence-corrected chi connectivity index (χ3v) is 3.81. The molecule has 1 aromatic carbocycles. The maximum atomic E-state index is 9.01. The predicted molar refractivity (Wildman–Crippen MR) is 67.3 cm³/mol. The second-order valence-electron chi connectivity index (χ2n) is 4.08. The SMILES string of the molecule is OCc1csc(-c2ccc3c(c2)CCCO3)n1. The first-order chi connectivity index (χ1) is 8.36. The third-order valence-electron chi connectivity index (χ3n) is 2.87. The monoisotopic (exact) mass is 247 g/mol. The molecule has 0 unspecified atom stereocenters. The van der Waals surface area contributed by atoms with E-state index in [-0.39, 0.29) is 6.61 Å². The van der Waals surface area contributed by atoms with E-state index in [1.54, 1.807) is 11.3 Å². The number of nitrogens with zero attached hydrogens (tertiary/aromatic N) is 1. The number of ether oxygens (including phenoxy) is 1. The van der Waals surface area contributed by atoms with Gasteiger partial charge in [-0.1, -0.05) is 0 Å². The Morgan fingerprint density at radius 3 is 3.18 bits per heavy atom. The van der Waals surface area contributed by atoms with Gasteiger partial charge in [0.1, 0.15) is 10.8 Å². The summed E-state index contributed by atoms with van der Waals surface area (Å²) >= 11 is 1.57. The molecule has 17 heavy (non-hydrogen) atoms. The summed E-state index contributed by atoms with van der Waals surface area (Å²) < 4.78 is 5.58. The first-order valence-electron chi connectivity index (χ1n) is 5.68. The van der Waals surface area contributed by atoms with Gasteiger partial charge < -0.3 is 9.84 Å². The van der Waals surface area contributed by atoms with Crippen LogP contribution in [0, 0.1) is 0 Å². The largest absolute Gasteiger partial charge is 0.493 e. The van der Waals surface area contributed by atoms with Crippen molar-refractivity contribution < 1.29 is 9.84 Å². The van der Waals surface area contributed by atoms with Crippen molar-refractivity contribution in [1.29, 1.82) is 0 Å². The molecule has 0 radical (unpaired) electrons. The molecule has 0 saturated carbocycles. The molecule has 88 valence electrons. The standard InChI is InChI=1S/C13H13NO2S/c15-7-11-8-17-13(14-11)10-3-4-12-9(6-10)2-1-5-16-12/h3-4,6,8,15H,1-2,5,7H2. The molecule has 0 fully saturated rings. The van der Waals surface area contributed by atoms with E-state index in [1.165, 1.54) is 5.56 Å². The van der Waals surface area contributed by atoms with Crippen LogP contribution >= 0.6 is 11.3 Å². The molecule has 1 aromatic heterocycles. The lowest BCUT2D eigenvalue weighted by atomic mass is 10.0. The summed E-state index contributed by atoms with van der Waals surface area (Å²) in [6.07, 6.45) is 2.15. The fraction of sp³-hybridized carbons (Fsp3) is 0.308. The number of aliphatic hydroxyl groups excluding tert-OH is 1. The van der Waals surface area contributed by atoms with Gasteiger partial charge in [0, 0.05) is 10.9 Å². The molecule has 0 amide bonds. The Bertz CT molecular complexity index is 536. The van der Waals surface area contributed by atoms with E-state index in [9.17, 15) is 0 Å². The molecule has 2 heterocycles. The van der Waals surface area contributed by atoms with E-state index in [2.05, 4.69) is 11.1 Å². The number of fused-ring (bicyclic) bond motifs is 1. The number of rotatable bonds is 2. The molecule has 0 bridgehead atoms. The van der Waals surface area contributed by atoms with Crippen molar-refractivity contribution >= 4 is 11.3 Å². The summed E-state index contributed by atoms with van der Waals surface area (Å²) in [4.78, 5) is 4.38. The average Bonchev–Trinajstić information content (AvgIpc) is 2.87. The highest BCUT2D eigenvalue weighted by Gasteiger charge is 2.12. The van der Waals surface area contributed by atoms with E-state index in [1.807, 2.05) is 17.5 Å². The van der Waals surface area contributed by atoms with Crippen molar-refractivity contribution in [3.05, 3.63) is 34.8 Å². The van der Waals surface area contributed by atoms with E-state index in [4.69, 9.17) is 9.84 Å². The molecule has 0 spiro atoms. The number of thiazole rings is 1. The van der Waals surface area contributed by atoms with Crippen molar-refractivity contribution in [2.24, 2.45) is 0 Å². The zero-order valence-corrected chi connectivity index (χ0v) is 10.2. The van der Waals surface area contributed by atoms with Crippen LogP contribution in [-0.2, 0) is 13.0 Å².